The van der Waals surface area contributed by atoms with Crippen molar-refractivity contribution in [3.05, 3.63) is 266 Å². The van der Waals surface area contributed by atoms with E-state index >= 15 is 0 Å². The normalized spacial score (nSPS) is 13.9. The van der Waals surface area contributed by atoms with Gasteiger partial charge in [-0.25, -0.2) is 0 Å². The molecule has 0 saturated carbocycles. The fourth-order valence-corrected chi connectivity index (χ4v) is 22.1. The largest absolute Gasteiger partial charge is 0.454 e. The van der Waals surface area contributed by atoms with Crippen molar-refractivity contribution in [1.82, 2.24) is 0 Å². The molecular formula is C86H72N2O2Si2. The van der Waals surface area contributed by atoms with Crippen LogP contribution in [0.5, 0.6) is 0 Å². The average molecular weight is 1220 g/mol. The summed E-state index contributed by atoms with van der Waals surface area (Å²) in [4.78, 5) is 4.88. The molecule has 0 N–H and O–H groups in total. The lowest BCUT2D eigenvalue weighted by Gasteiger charge is -2.28. The molecule has 0 atom stereocenters. The number of para-hydroxylation sites is 4. The van der Waals surface area contributed by atoms with E-state index < -0.39 is 16.1 Å². The summed E-state index contributed by atoms with van der Waals surface area (Å²) in [7, 11) is -5.02. The van der Waals surface area contributed by atoms with Gasteiger partial charge in [0.15, 0.2) is 11.2 Å². The molecule has 2 aliphatic rings. The predicted octanol–water partition coefficient (Wildman–Crippen LogP) is 22.3. The van der Waals surface area contributed by atoms with Crippen LogP contribution in [0.2, 0.25) is 26.2 Å². The SMILES string of the molecule is CC(C)(C)c1ccc(-c2ccc(N(c3ccccc3)c3cc4c(c5c3oc3ccccc35)-c3cc5c(cc3[Si]4(C)C)-c3c(cc(N(c4ccccc4)c4ccc(-c6ccc(C(C)(C)C)c7ccccc67)cc4)c4oc6ccccc6c34)[Si]5(C)C)cc2)c2ccccc12. The van der Waals surface area contributed by atoms with Crippen molar-refractivity contribution in [3.63, 3.8) is 0 Å². The smallest absolute Gasteiger partial charge is 0.160 e. The Morgan fingerprint density at radius 1 is 0.293 bits per heavy atom. The van der Waals surface area contributed by atoms with E-state index in [0.29, 0.717) is 0 Å². The lowest BCUT2D eigenvalue weighted by molar-refractivity contribution is 0.595. The van der Waals surface area contributed by atoms with E-state index in [4.69, 9.17) is 8.83 Å². The molecule has 0 fully saturated rings. The molecule has 0 amide bonds. The van der Waals surface area contributed by atoms with Crippen molar-refractivity contribution in [2.45, 2.75) is 78.6 Å². The maximum atomic E-state index is 7.30. The summed E-state index contributed by atoms with van der Waals surface area (Å²) in [5, 5.41) is 15.6. The van der Waals surface area contributed by atoms with Crippen molar-refractivity contribution in [3.8, 4) is 44.5 Å². The number of furan rings is 2. The first-order valence-electron chi connectivity index (χ1n) is 32.6. The number of fused-ring (bicyclic) bond motifs is 16. The highest BCUT2D eigenvalue weighted by Gasteiger charge is 2.47. The third-order valence-corrected chi connectivity index (χ3v) is 27.5. The van der Waals surface area contributed by atoms with Gasteiger partial charge in [0.1, 0.15) is 27.3 Å². The Kier molecular flexibility index (Phi) is 12.3. The molecule has 0 bridgehead atoms. The van der Waals surface area contributed by atoms with Gasteiger partial charge in [-0.15, -0.1) is 0 Å². The summed E-state index contributed by atoms with van der Waals surface area (Å²) in [6, 6.07) is 95.0. The minimum atomic E-state index is -2.51. The fourth-order valence-electron chi connectivity index (χ4n) is 16.0. The van der Waals surface area contributed by atoms with Gasteiger partial charge in [0.25, 0.3) is 0 Å². The quantitative estimate of drug-likeness (QED) is 0.142. The van der Waals surface area contributed by atoms with Gasteiger partial charge in [-0.3, -0.25) is 0 Å². The topological polar surface area (TPSA) is 32.8 Å². The number of hydrogen-bond acceptors (Lipinski definition) is 4. The molecule has 0 radical (unpaired) electrons. The third kappa shape index (κ3) is 8.39. The Morgan fingerprint density at radius 3 is 0.989 bits per heavy atom. The third-order valence-electron chi connectivity index (χ3n) is 20.5. The molecule has 2 aliphatic heterocycles. The minimum Gasteiger partial charge on any atom is -0.454 e. The van der Waals surface area contributed by atoms with Crippen LogP contribution in [-0.2, 0) is 10.8 Å². The fraction of sp³-hybridized carbons (Fsp3) is 0.140. The first-order valence-corrected chi connectivity index (χ1v) is 38.6. The number of rotatable bonds is 8. The van der Waals surface area contributed by atoms with Crippen LogP contribution in [0.15, 0.2) is 264 Å². The van der Waals surface area contributed by atoms with Gasteiger partial charge in [0, 0.05) is 44.3 Å². The Bertz CT molecular complexity index is 5180. The molecule has 2 aromatic heterocycles. The van der Waals surface area contributed by atoms with Crippen molar-refractivity contribution < 1.29 is 8.83 Å². The molecule has 4 nitrogen and oxygen atoms in total. The van der Waals surface area contributed by atoms with E-state index in [2.05, 4.69) is 332 Å². The molecule has 4 heterocycles. The van der Waals surface area contributed by atoms with Crippen LogP contribution in [0.3, 0.4) is 0 Å². The zero-order valence-corrected chi connectivity index (χ0v) is 56.0. The summed E-state index contributed by atoms with van der Waals surface area (Å²) in [5.41, 5.74) is 23.0. The van der Waals surface area contributed by atoms with Gasteiger partial charge < -0.3 is 18.6 Å². The highest BCUT2D eigenvalue weighted by molar-refractivity contribution is 7.06. The molecule has 446 valence electrons. The Morgan fingerprint density at radius 2 is 0.620 bits per heavy atom. The number of benzene rings is 13. The van der Waals surface area contributed by atoms with Crippen molar-refractivity contribution in [2.75, 3.05) is 9.80 Å². The van der Waals surface area contributed by atoms with Gasteiger partial charge in [-0.2, -0.15) is 0 Å². The van der Waals surface area contributed by atoms with E-state index in [1.54, 1.807) is 0 Å². The molecule has 0 saturated heterocycles. The van der Waals surface area contributed by atoms with Gasteiger partial charge in [0.05, 0.1) is 11.4 Å². The molecule has 6 heteroatoms. The molecule has 13 aromatic carbocycles. The minimum absolute atomic E-state index is 0.0191. The second-order valence-corrected chi connectivity index (χ2v) is 37.4. The highest BCUT2D eigenvalue weighted by atomic mass is 28.3. The standard InChI is InChI=1S/C86H72N2O2Si2/c1-85(2,3)69-47-45-59(61-29-17-19-31-63(61)69)53-37-41-57(42-38-53)87(55-25-13-11-14-26-55)71-51-77-79(81-65-33-21-23-35-73(65)89-83(71)81)67-49-76-68(50-75(67)91(77,7)8)80-78(92(76,9)10)52-72(84-82(80)66-34-22-24-36-74(66)90-84)88(56-27-15-12-16-28-56)58-43-39-54(40-44-58)60-46-48-70(86(4,5)6)64-32-20-18-30-62(60)64/h11-52H,1-10H3. The summed E-state index contributed by atoms with van der Waals surface area (Å²) < 4.78 is 14.6. The average Bonchev–Trinajstić information content (AvgIpc) is 1.52. The van der Waals surface area contributed by atoms with Crippen LogP contribution >= 0.6 is 0 Å². The molecule has 0 unspecified atom stereocenters. The summed E-state index contributed by atoms with van der Waals surface area (Å²) in [5.74, 6) is 0. The molecule has 0 spiro atoms. The molecular weight excluding hydrogens is 1150 g/mol. The lowest BCUT2D eigenvalue weighted by atomic mass is 9.82. The molecule has 0 aliphatic carbocycles. The predicted molar refractivity (Wildman–Crippen MR) is 398 cm³/mol. The molecule has 15 aromatic rings. The van der Waals surface area contributed by atoms with Gasteiger partial charge in [-0.05, 0) is 182 Å². The van der Waals surface area contributed by atoms with Crippen molar-refractivity contribution >= 4 is 136 Å². The molecule has 17 rings (SSSR count). The van der Waals surface area contributed by atoms with E-state index in [9.17, 15) is 0 Å². The number of nitrogens with zero attached hydrogens (tertiary/aromatic N) is 2. The number of hydrogen-bond donors (Lipinski definition) is 0. The van der Waals surface area contributed by atoms with Crippen molar-refractivity contribution in [2.24, 2.45) is 0 Å². The van der Waals surface area contributed by atoms with Crippen molar-refractivity contribution in [1.29, 1.82) is 0 Å². The zero-order valence-electron chi connectivity index (χ0n) is 54.0. The van der Waals surface area contributed by atoms with Gasteiger partial charge >= 0.3 is 0 Å². The second kappa shape index (κ2) is 20.3. The molecule has 92 heavy (non-hydrogen) atoms. The van der Waals surface area contributed by atoms with Crippen LogP contribution < -0.4 is 30.5 Å². The highest BCUT2D eigenvalue weighted by Crippen LogP contribution is 2.52. The van der Waals surface area contributed by atoms with Crippen LogP contribution in [0, 0.1) is 0 Å². The van der Waals surface area contributed by atoms with Crippen LogP contribution in [0.25, 0.3) is 110 Å². The zero-order chi connectivity index (χ0) is 62.7. The second-order valence-electron chi connectivity index (χ2n) is 28.8. The van der Waals surface area contributed by atoms with E-state index in [0.717, 1.165) is 67.2 Å². The van der Waals surface area contributed by atoms with E-state index in [1.807, 2.05) is 0 Å². The van der Waals surface area contributed by atoms with E-state index in [-0.39, 0.29) is 10.8 Å². The van der Waals surface area contributed by atoms with Gasteiger partial charge in [0.2, 0.25) is 0 Å². The summed E-state index contributed by atoms with van der Waals surface area (Å²) >= 11 is 0. The maximum Gasteiger partial charge on any atom is 0.160 e. The Hall–Kier alpha value is -9.99. The number of anilines is 6. The van der Waals surface area contributed by atoms with Crippen LogP contribution in [0.1, 0.15) is 52.7 Å². The first-order chi connectivity index (χ1) is 44.4. The van der Waals surface area contributed by atoms with Crippen LogP contribution in [0.4, 0.5) is 34.1 Å². The summed E-state index contributed by atoms with van der Waals surface area (Å²) in [6.07, 6.45) is 0. The van der Waals surface area contributed by atoms with Gasteiger partial charge in [-0.1, -0.05) is 250 Å². The first kappa shape index (κ1) is 56.0. The Labute approximate surface area is 540 Å². The Balaban J connectivity index is 0.833. The lowest BCUT2D eigenvalue weighted by Crippen LogP contribution is -2.51. The van der Waals surface area contributed by atoms with E-state index in [1.165, 1.54) is 109 Å². The van der Waals surface area contributed by atoms with Crippen LogP contribution in [-0.4, -0.2) is 16.1 Å². The summed E-state index contributed by atoms with van der Waals surface area (Å²) in [6.45, 7) is 24.1. The monoisotopic (exact) mass is 1220 g/mol. The maximum absolute atomic E-state index is 7.30.